The summed E-state index contributed by atoms with van der Waals surface area (Å²) in [6, 6.07) is 0. The number of aliphatic hydroxyl groups excluding tert-OH is 3. The van der Waals surface area contributed by atoms with E-state index in [2.05, 4.69) is 0 Å². The predicted molar refractivity (Wildman–Crippen MR) is 33.1 cm³/mol. The normalized spacial score (nSPS) is 39.3. The first-order valence-corrected chi connectivity index (χ1v) is 3.05. The molecule has 0 fully saturated rings. The van der Waals surface area contributed by atoms with Gasteiger partial charge in [0.2, 0.25) is 0 Å². The molecule has 0 bridgehead atoms. The van der Waals surface area contributed by atoms with Gasteiger partial charge in [-0.2, -0.15) is 0 Å². The van der Waals surface area contributed by atoms with Crippen molar-refractivity contribution in [3.8, 4) is 0 Å². The van der Waals surface area contributed by atoms with Crippen LogP contribution in [0.1, 0.15) is 0 Å². The highest BCUT2D eigenvalue weighted by atomic mass is 16.5. The predicted octanol–water partition coefficient (Wildman–Crippen LogP) is -1.39. The van der Waals surface area contributed by atoms with Crippen LogP contribution in [-0.2, 0) is 4.74 Å². The van der Waals surface area contributed by atoms with Gasteiger partial charge in [-0.15, -0.1) is 0 Å². The summed E-state index contributed by atoms with van der Waals surface area (Å²) in [7, 11) is 0. The summed E-state index contributed by atoms with van der Waals surface area (Å²) in [6.45, 7) is -0.289. The van der Waals surface area contributed by atoms with Crippen molar-refractivity contribution in [2.75, 3.05) is 6.61 Å². The van der Waals surface area contributed by atoms with Crippen LogP contribution in [0.2, 0.25) is 0 Å². The molecule has 1 aliphatic heterocycles. The van der Waals surface area contributed by atoms with Crippen LogP contribution in [0.5, 0.6) is 0 Å². The van der Waals surface area contributed by atoms with Crippen molar-refractivity contribution < 1.29 is 20.1 Å². The molecule has 0 radical (unpaired) electrons. The zero-order chi connectivity index (χ0) is 7.56. The van der Waals surface area contributed by atoms with Crippen molar-refractivity contribution >= 4 is 0 Å². The Bertz CT molecular complexity index is 134. The van der Waals surface area contributed by atoms with E-state index in [-0.39, 0.29) is 6.61 Å². The Hall–Kier alpha value is -0.580. The maximum absolute atomic E-state index is 9.05. The molecule has 3 atom stereocenters. The zero-order valence-electron chi connectivity index (χ0n) is 5.34. The Morgan fingerprint density at radius 2 is 2.10 bits per heavy atom. The zero-order valence-corrected chi connectivity index (χ0v) is 5.34. The highest BCUT2D eigenvalue weighted by Crippen LogP contribution is 2.10. The molecule has 4 heteroatoms. The van der Waals surface area contributed by atoms with Crippen LogP contribution in [0.3, 0.4) is 0 Å². The molecule has 0 amide bonds. The molecule has 10 heavy (non-hydrogen) atoms. The first kappa shape index (κ1) is 7.53. The molecule has 4 nitrogen and oxygen atoms in total. The largest absolute Gasteiger partial charge is 0.493 e. The Kier molecular flexibility index (Phi) is 2.26. The van der Waals surface area contributed by atoms with Gasteiger partial charge in [-0.25, -0.2) is 0 Å². The third-order valence-corrected chi connectivity index (χ3v) is 1.44. The minimum atomic E-state index is -1.02. The van der Waals surface area contributed by atoms with E-state index in [9.17, 15) is 0 Å². The van der Waals surface area contributed by atoms with Crippen molar-refractivity contribution in [1.82, 2.24) is 0 Å². The molecule has 1 heterocycles. The summed E-state index contributed by atoms with van der Waals surface area (Å²) in [5, 5.41) is 26.6. The van der Waals surface area contributed by atoms with Crippen LogP contribution in [0, 0.1) is 0 Å². The number of rotatable bonds is 1. The molecule has 0 aromatic rings. The fourth-order valence-corrected chi connectivity index (χ4v) is 0.792. The van der Waals surface area contributed by atoms with E-state index in [1.165, 1.54) is 12.3 Å². The summed E-state index contributed by atoms with van der Waals surface area (Å²) in [5.74, 6) is 0. The molecule has 0 aliphatic carbocycles. The van der Waals surface area contributed by atoms with Crippen LogP contribution in [0.4, 0.5) is 0 Å². The lowest BCUT2D eigenvalue weighted by Gasteiger charge is -2.26. The van der Waals surface area contributed by atoms with Gasteiger partial charge in [-0.05, 0) is 6.08 Å². The van der Waals surface area contributed by atoms with Crippen molar-refractivity contribution in [3.63, 3.8) is 0 Å². The van der Waals surface area contributed by atoms with Gasteiger partial charge < -0.3 is 20.1 Å². The summed E-state index contributed by atoms with van der Waals surface area (Å²) in [5.41, 5.74) is 0. The number of aliphatic hydroxyl groups is 3. The second kappa shape index (κ2) is 3.01. The third kappa shape index (κ3) is 1.29. The standard InChI is InChI=1S/C6H10O4/c7-3-5-6(9)4(8)1-2-10-5/h1-2,4-9H,3H2/t4-,5-,6-/m0/s1. The van der Waals surface area contributed by atoms with Crippen LogP contribution >= 0.6 is 0 Å². The molecule has 58 valence electrons. The van der Waals surface area contributed by atoms with Crippen molar-refractivity contribution in [2.45, 2.75) is 18.3 Å². The molecular formula is C6H10O4. The molecule has 0 saturated carbocycles. The lowest BCUT2D eigenvalue weighted by atomic mass is 10.1. The van der Waals surface area contributed by atoms with Crippen LogP contribution in [0.15, 0.2) is 12.3 Å². The highest BCUT2D eigenvalue weighted by Gasteiger charge is 2.27. The van der Waals surface area contributed by atoms with Gasteiger partial charge in [0.15, 0.2) is 0 Å². The van der Waals surface area contributed by atoms with Gasteiger partial charge in [0, 0.05) is 0 Å². The minimum Gasteiger partial charge on any atom is -0.493 e. The molecule has 0 aromatic carbocycles. The fraction of sp³-hybridized carbons (Fsp3) is 0.667. The molecule has 0 saturated heterocycles. The van der Waals surface area contributed by atoms with E-state index in [4.69, 9.17) is 20.1 Å². The second-order valence-electron chi connectivity index (χ2n) is 2.17. The van der Waals surface area contributed by atoms with E-state index in [1.54, 1.807) is 0 Å². The topological polar surface area (TPSA) is 69.9 Å². The number of hydrogen-bond acceptors (Lipinski definition) is 4. The Morgan fingerprint density at radius 3 is 2.60 bits per heavy atom. The van der Waals surface area contributed by atoms with Gasteiger partial charge in [0.25, 0.3) is 0 Å². The maximum Gasteiger partial charge on any atom is 0.149 e. The van der Waals surface area contributed by atoms with Crippen molar-refractivity contribution in [1.29, 1.82) is 0 Å². The molecule has 3 N–H and O–H groups in total. The Morgan fingerprint density at radius 1 is 1.40 bits per heavy atom. The minimum absolute atomic E-state index is 0.289. The molecule has 0 aromatic heterocycles. The van der Waals surface area contributed by atoms with Gasteiger partial charge in [-0.1, -0.05) is 0 Å². The second-order valence-corrected chi connectivity index (χ2v) is 2.17. The molecule has 0 spiro atoms. The Balaban J connectivity index is 2.56. The van der Waals surface area contributed by atoms with Gasteiger partial charge in [0.05, 0.1) is 12.9 Å². The SMILES string of the molecule is OC[C@@H]1OC=C[C@H](O)[C@@H]1O. The lowest BCUT2D eigenvalue weighted by molar-refractivity contribution is -0.0808. The van der Waals surface area contributed by atoms with Crippen LogP contribution in [-0.4, -0.2) is 40.2 Å². The van der Waals surface area contributed by atoms with Crippen molar-refractivity contribution in [2.24, 2.45) is 0 Å². The number of ether oxygens (including phenoxy) is 1. The maximum atomic E-state index is 9.05. The third-order valence-electron chi connectivity index (χ3n) is 1.44. The van der Waals surface area contributed by atoms with Crippen LogP contribution < -0.4 is 0 Å². The quantitative estimate of drug-likeness (QED) is 0.426. The first-order valence-electron chi connectivity index (χ1n) is 3.05. The summed E-state index contributed by atoms with van der Waals surface area (Å²) in [6.07, 6.45) is -0.0318. The number of hydrogen-bond donors (Lipinski definition) is 3. The highest BCUT2D eigenvalue weighted by molar-refractivity contribution is 4.96. The van der Waals surface area contributed by atoms with Gasteiger partial charge in [-0.3, -0.25) is 0 Å². The Labute approximate surface area is 58.4 Å². The van der Waals surface area contributed by atoms with E-state index in [0.717, 1.165) is 0 Å². The first-order chi connectivity index (χ1) is 4.75. The van der Waals surface area contributed by atoms with Gasteiger partial charge in [0.1, 0.15) is 18.3 Å². The van der Waals surface area contributed by atoms with Crippen molar-refractivity contribution in [3.05, 3.63) is 12.3 Å². The summed E-state index contributed by atoms with van der Waals surface area (Å²) >= 11 is 0. The monoisotopic (exact) mass is 146 g/mol. The smallest absolute Gasteiger partial charge is 0.149 e. The van der Waals surface area contributed by atoms with E-state index in [1.807, 2.05) is 0 Å². The summed E-state index contributed by atoms with van der Waals surface area (Å²) in [4.78, 5) is 0. The molecule has 1 rings (SSSR count). The lowest BCUT2D eigenvalue weighted by Crippen LogP contribution is -2.42. The average Bonchev–Trinajstić information content (AvgIpc) is 1.95. The van der Waals surface area contributed by atoms with E-state index >= 15 is 0 Å². The van der Waals surface area contributed by atoms with Gasteiger partial charge >= 0.3 is 0 Å². The van der Waals surface area contributed by atoms with Crippen LogP contribution in [0.25, 0.3) is 0 Å². The van der Waals surface area contributed by atoms with E-state index < -0.39 is 18.3 Å². The average molecular weight is 146 g/mol. The van der Waals surface area contributed by atoms with E-state index in [0.29, 0.717) is 0 Å². The summed E-state index contributed by atoms with van der Waals surface area (Å²) < 4.78 is 4.77. The molecular weight excluding hydrogens is 136 g/mol. The fourth-order valence-electron chi connectivity index (χ4n) is 0.792. The molecule has 0 unspecified atom stereocenters. The molecule has 1 aliphatic rings.